The zero-order chi connectivity index (χ0) is 18.5. The number of benzene rings is 3. The highest BCUT2D eigenvalue weighted by molar-refractivity contribution is 5.88. The van der Waals surface area contributed by atoms with Crippen molar-refractivity contribution in [2.75, 3.05) is 14.2 Å². The number of nitrogens with one attached hydrogen (secondary N) is 1. The maximum atomic E-state index is 12.5. The van der Waals surface area contributed by atoms with Gasteiger partial charge in [0.2, 0.25) is 5.91 Å². The molecule has 0 bridgehead atoms. The fourth-order valence-corrected chi connectivity index (χ4v) is 2.88. The molecule has 0 unspecified atom stereocenters. The minimum atomic E-state index is -0.222. The standard InChI is InChI=1S/C22H23NO3/c1-15(22(24)23-14-16-4-9-20(25-2)10-5-16)17-6-7-19-13-21(26-3)11-8-18(19)12-17/h4-13,15H,14H2,1-3H3,(H,23,24)/t15-/m0/s1. The fraction of sp³-hybridized carbons (Fsp3) is 0.227. The van der Waals surface area contributed by atoms with E-state index in [0.29, 0.717) is 6.54 Å². The van der Waals surface area contributed by atoms with E-state index in [9.17, 15) is 4.79 Å². The monoisotopic (exact) mass is 349 g/mol. The van der Waals surface area contributed by atoms with Crippen LogP contribution in [0.1, 0.15) is 24.0 Å². The molecule has 3 rings (SSSR count). The Hall–Kier alpha value is -3.01. The van der Waals surface area contributed by atoms with Gasteiger partial charge in [0.25, 0.3) is 0 Å². The number of fused-ring (bicyclic) bond motifs is 1. The van der Waals surface area contributed by atoms with Crippen LogP contribution in [-0.4, -0.2) is 20.1 Å². The highest BCUT2D eigenvalue weighted by atomic mass is 16.5. The van der Waals surface area contributed by atoms with Crippen LogP contribution in [0.5, 0.6) is 11.5 Å². The van der Waals surface area contributed by atoms with E-state index in [1.54, 1.807) is 14.2 Å². The Labute approximate surface area is 153 Å². The number of hydrogen-bond donors (Lipinski definition) is 1. The number of hydrogen-bond acceptors (Lipinski definition) is 3. The lowest BCUT2D eigenvalue weighted by molar-refractivity contribution is -0.122. The number of methoxy groups -OCH3 is 2. The second-order valence-corrected chi connectivity index (χ2v) is 6.26. The molecule has 0 aromatic heterocycles. The van der Waals surface area contributed by atoms with Gasteiger partial charge >= 0.3 is 0 Å². The van der Waals surface area contributed by atoms with E-state index in [-0.39, 0.29) is 11.8 Å². The third-order valence-electron chi connectivity index (χ3n) is 4.59. The van der Waals surface area contributed by atoms with Crippen molar-refractivity contribution in [2.45, 2.75) is 19.4 Å². The lowest BCUT2D eigenvalue weighted by atomic mass is 9.97. The summed E-state index contributed by atoms with van der Waals surface area (Å²) >= 11 is 0. The van der Waals surface area contributed by atoms with Crippen molar-refractivity contribution in [2.24, 2.45) is 0 Å². The lowest BCUT2D eigenvalue weighted by Crippen LogP contribution is -2.27. The second kappa shape index (κ2) is 7.91. The van der Waals surface area contributed by atoms with Gasteiger partial charge in [0.1, 0.15) is 11.5 Å². The van der Waals surface area contributed by atoms with Crippen LogP contribution in [0.2, 0.25) is 0 Å². The predicted molar refractivity (Wildman–Crippen MR) is 104 cm³/mol. The van der Waals surface area contributed by atoms with Gasteiger partial charge in [0.05, 0.1) is 20.1 Å². The zero-order valence-corrected chi connectivity index (χ0v) is 15.3. The van der Waals surface area contributed by atoms with Crippen molar-refractivity contribution in [1.82, 2.24) is 5.32 Å². The highest BCUT2D eigenvalue weighted by Crippen LogP contribution is 2.25. The summed E-state index contributed by atoms with van der Waals surface area (Å²) in [5.74, 6) is 1.42. The van der Waals surface area contributed by atoms with Crippen molar-refractivity contribution in [3.05, 3.63) is 71.8 Å². The molecule has 1 amide bonds. The van der Waals surface area contributed by atoms with E-state index in [1.807, 2.05) is 61.5 Å². The number of rotatable bonds is 6. The smallest absolute Gasteiger partial charge is 0.227 e. The minimum absolute atomic E-state index is 0.00804. The molecule has 0 heterocycles. The molecule has 0 radical (unpaired) electrons. The van der Waals surface area contributed by atoms with Crippen molar-refractivity contribution in [3.8, 4) is 11.5 Å². The topological polar surface area (TPSA) is 47.6 Å². The molecule has 1 N–H and O–H groups in total. The van der Waals surface area contributed by atoms with Crippen LogP contribution >= 0.6 is 0 Å². The molecule has 0 aliphatic heterocycles. The third-order valence-corrected chi connectivity index (χ3v) is 4.59. The lowest BCUT2D eigenvalue weighted by Gasteiger charge is -2.14. The van der Waals surface area contributed by atoms with Crippen LogP contribution < -0.4 is 14.8 Å². The van der Waals surface area contributed by atoms with Gasteiger partial charge < -0.3 is 14.8 Å². The van der Waals surface area contributed by atoms with E-state index < -0.39 is 0 Å². The number of amides is 1. The van der Waals surface area contributed by atoms with E-state index in [4.69, 9.17) is 9.47 Å². The van der Waals surface area contributed by atoms with Gasteiger partial charge in [-0.25, -0.2) is 0 Å². The molecule has 1 atom stereocenters. The van der Waals surface area contributed by atoms with Crippen LogP contribution in [-0.2, 0) is 11.3 Å². The molecule has 4 nitrogen and oxygen atoms in total. The van der Waals surface area contributed by atoms with Crippen molar-refractivity contribution >= 4 is 16.7 Å². The van der Waals surface area contributed by atoms with Crippen LogP contribution in [0.3, 0.4) is 0 Å². The Morgan fingerprint density at radius 3 is 2.19 bits per heavy atom. The predicted octanol–water partition coefficient (Wildman–Crippen LogP) is 4.28. The van der Waals surface area contributed by atoms with E-state index in [0.717, 1.165) is 33.4 Å². The largest absolute Gasteiger partial charge is 0.497 e. The molecular formula is C22H23NO3. The Morgan fingerprint density at radius 2 is 1.50 bits per heavy atom. The number of carbonyl (C=O) groups excluding carboxylic acids is 1. The molecule has 3 aromatic rings. The summed E-state index contributed by atoms with van der Waals surface area (Å²) in [6.07, 6.45) is 0. The summed E-state index contributed by atoms with van der Waals surface area (Å²) in [5, 5.41) is 5.19. The number of ether oxygens (including phenoxy) is 2. The molecule has 0 spiro atoms. The van der Waals surface area contributed by atoms with Crippen LogP contribution in [0.4, 0.5) is 0 Å². The summed E-state index contributed by atoms with van der Waals surface area (Å²) in [4.78, 5) is 12.5. The summed E-state index contributed by atoms with van der Waals surface area (Å²) in [5.41, 5.74) is 2.03. The zero-order valence-electron chi connectivity index (χ0n) is 15.3. The maximum absolute atomic E-state index is 12.5. The summed E-state index contributed by atoms with van der Waals surface area (Å²) in [6.45, 7) is 2.42. The summed E-state index contributed by atoms with van der Waals surface area (Å²) in [7, 11) is 3.29. The first-order valence-electron chi connectivity index (χ1n) is 8.59. The van der Waals surface area contributed by atoms with E-state index >= 15 is 0 Å². The first-order chi connectivity index (χ1) is 12.6. The van der Waals surface area contributed by atoms with Gasteiger partial charge in [-0.3, -0.25) is 4.79 Å². The Balaban J connectivity index is 1.68. The molecule has 4 heteroatoms. The molecule has 26 heavy (non-hydrogen) atoms. The van der Waals surface area contributed by atoms with Crippen LogP contribution in [0.15, 0.2) is 60.7 Å². The van der Waals surface area contributed by atoms with Gasteiger partial charge in [-0.1, -0.05) is 36.4 Å². The van der Waals surface area contributed by atoms with Gasteiger partial charge in [-0.05, 0) is 53.1 Å². The Morgan fingerprint density at radius 1 is 0.885 bits per heavy atom. The van der Waals surface area contributed by atoms with Crippen LogP contribution in [0, 0.1) is 0 Å². The first kappa shape index (κ1) is 17.8. The highest BCUT2D eigenvalue weighted by Gasteiger charge is 2.15. The molecule has 0 saturated carbocycles. The Kier molecular flexibility index (Phi) is 5.42. The minimum Gasteiger partial charge on any atom is -0.497 e. The second-order valence-electron chi connectivity index (χ2n) is 6.26. The van der Waals surface area contributed by atoms with E-state index in [1.165, 1.54) is 0 Å². The fourth-order valence-electron chi connectivity index (χ4n) is 2.88. The molecule has 0 saturated heterocycles. The SMILES string of the molecule is COc1ccc(CNC(=O)[C@@H](C)c2ccc3cc(OC)ccc3c2)cc1. The maximum Gasteiger partial charge on any atom is 0.227 e. The summed E-state index contributed by atoms with van der Waals surface area (Å²) < 4.78 is 10.4. The third kappa shape index (κ3) is 3.97. The van der Waals surface area contributed by atoms with Crippen LogP contribution in [0.25, 0.3) is 10.8 Å². The molecule has 0 aliphatic carbocycles. The van der Waals surface area contributed by atoms with E-state index in [2.05, 4.69) is 11.4 Å². The van der Waals surface area contributed by atoms with Gasteiger partial charge in [0, 0.05) is 6.54 Å². The average molecular weight is 349 g/mol. The molecule has 134 valence electrons. The average Bonchev–Trinajstić information content (AvgIpc) is 2.70. The molecule has 3 aromatic carbocycles. The molecular weight excluding hydrogens is 326 g/mol. The normalized spacial score (nSPS) is 11.8. The Bertz CT molecular complexity index is 903. The van der Waals surface area contributed by atoms with Gasteiger partial charge in [-0.15, -0.1) is 0 Å². The van der Waals surface area contributed by atoms with Gasteiger partial charge in [-0.2, -0.15) is 0 Å². The van der Waals surface area contributed by atoms with Gasteiger partial charge in [0.15, 0.2) is 0 Å². The van der Waals surface area contributed by atoms with Crippen molar-refractivity contribution in [1.29, 1.82) is 0 Å². The quantitative estimate of drug-likeness (QED) is 0.723. The molecule has 0 aliphatic rings. The van der Waals surface area contributed by atoms with Crippen molar-refractivity contribution < 1.29 is 14.3 Å². The first-order valence-corrected chi connectivity index (χ1v) is 8.59. The molecule has 0 fully saturated rings. The van der Waals surface area contributed by atoms with Crippen molar-refractivity contribution in [3.63, 3.8) is 0 Å². The number of carbonyl (C=O) groups is 1. The summed E-state index contributed by atoms with van der Waals surface area (Å²) in [6, 6.07) is 19.7.